The standard InChI is InChI=1S/C17H18FNOS/c1-12-9-13(2)11-15(10-12)19-17(20)7-8-21-16-5-3-14(18)4-6-16/h3-6,9-11H,7-8H2,1-2H3,(H,19,20). The van der Waals surface area contributed by atoms with Crippen LogP contribution in [0.15, 0.2) is 47.4 Å². The zero-order chi connectivity index (χ0) is 15.2. The Labute approximate surface area is 128 Å². The predicted molar refractivity (Wildman–Crippen MR) is 86.3 cm³/mol. The lowest BCUT2D eigenvalue weighted by Crippen LogP contribution is -2.12. The van der Waals surface area contributed by atoms with Crippen molar-refractivity contribution in [3.63, 3.8) is 0 Å². The number of rotatable bonds is 5. The molecule has 0 fully saturated rings. The van der Waals surface area contributed by atoms with Gasteiger partial charge in [-0.15, -0.1) is 11.8 Å². The Bertz CT molecular complexity index is 605. The highest BCUT2D eigenvalue weighted by atomic mass is 32.2. The monoisotopic (exact) mass is 303 g/mol. The highest BCUT2D eigenvalue weighted by Gasteiger charge is 2.04. The van der Waals surface area contributed by atoms with Crippen LogP contribution >= 0.6 is 11.8 Å². The van der Waals surface area contributed by atoms with E-state index in [1.54, 1.807) is 23.9 Å². The van der Waals surface area contributed by atoms with Crippen LogP contribution in [0.2, 0.25) is 0 Å². The average Bonchev–Trinajstić information content (AvgIpc) is 2.39. The fourth-order valence-electron chi connectivity index (χ4n) is 2.06. The van der Waals surface area contributed by atoms with Gasteiger partial charge in [-0.3, -0.25) is 4.79 Å². The molecule has 2 rings (SSSR count). The number of carbonyl (C=O) groups is 1. The minimum Gasteiger partial charge on any atom is -0.326 e. The summed E-state index contributed by atoms with van der Waals surface area (Å²) < 4.78 is 12.8. The average molecular weight is 303 g/mol. The fourth-order valence-corrected chi connectivity index (χ4v) is 2.91. The van der Waals surface area contributed by atoms with Crippen molar-refractivity contribution in [3.05, 3.63) is 59.4 Å². The molecular formula is C17H18FNOS. The second kappa shape index (κ2) is 7.27. The molecular weight excluding hydrogens is 285 g/mol. The Hall–Kier alpha value is -1.81. The normalized spacial score (nSPS) is 10.4. The topological polar surface area (TPSA) is 29.1 Å². The van der Waals surface area contributed by atoms with E-state index in [4.69, 9.17) is 0 Å². The first-order chi connectivity index (χ1) is 10.0. The molecule has 2 aromatic rings. The maximum Gasteiger partial charge on any atom is 0.225 e. The van der Waals surface area contributed by atoms with E-state index in [0.29, 0.717) is 12.2 Å². The van der Waals surface area contributed by atoms with Crippen LogP contribution in [0.1, 0.15) is 17.5 Å². The smallest absolute Gasteiger partial charge is 0.225 e. The first-order valence-corrected chi connectivity index (χ1v) is 7.78. The van der Waals surface area contributed by atoms with Crippen molar-refractivity contribution in [2.24, 2.45) is 0 Å². The van der Waals surface area contributed by atoms with E-state index >= 15 is 0 Å². The lowest BCUT2D eigenvalue weighted by Gasteiger charge is -2.07. The SMILES string of the molecule is Cc1cc(C)cc(NC(=O)CCSc2ccc(F)cc2)c1. The summed E-state index contributed by atoms with van der Waals surface area (Å²) in [6.07, 6.45) is 0.426. The van der Waals surface area contributed by atoms with Crippen molar-refractivity contribution in [1.82, 2.24) is 0 Å². The number of halogens is 1. The number of aryl methyl sites for hydroxylation is 2. The van der Waals surface area contributed by atoms with Crippen molar-refractivity contribution >= 4 is 23.4 Å². The molecule has 0 saturated heterocycles. The fraction of sp³-hybridized carbons (Fsp3) is 0.235. The number of hydrogen-bond acceptors (Lipinski definition) is 2. The lowest BCUT2D eigenvalue weighted by atomic mass is 10.1. The van der Waals surface area contributed by atoms with Gasteiger partial charge >= 0.3 is 0 Å². The van der Waals surface area contributed by atoms with E-state index < -0.39 is 0 Å². The molecule has 0 spiro atoms. The third-order valence-corrected chi connectivity index (χ3v) is 3.93. The van der Waals surface area contributed by atoms with Crippen molar-refractivity contribution in [1.29, 1.82) is 0 Å². The summed E-state index contributed by atoms with van der Waals surface area (Å²) in [6.45, 7) is 4.01. The van der Waals surface area contributed by atoms with Crippen molar-refractivity contribution in [3.8, 4) is 0 Å². The van der Waals surface area contributed by atoms with Gasteiger partial charge in [-0.2, -0.15) is 0 Å². The van der Waals surface area contributed by atoms with Crippen LogP contribution in [0.3, 0.4) is 0 Å². The summed E-state index contributed by atoms with van der Waals surface area (Å²) in [4.78, 5) is 12.9. The number of hydrogen-bond donors (Lipinski definition) is 1. The van der Waals surface area contributed by atoms with E-state index in [2.05, 4.69) is 11.4 Å². The molecule has 0 bridgehead atoms. The molecule has 0 aliphatic rings. The Morgan fingerprint density at radius 3 is 2.33 bits per heavy atom. The van der Waals surface area contributed by atoms with Crippen LogP contribution in [-0.4, -0.2) is 11.7 Å². The maximum atomic E-state index is 12.8. The molecule has 21 heavy (non-hydrogen) atoms. The number of amides is 1. The number of carbonyl (C=O) groups excluding carboxylic acids is 1. The first kappa shape index (κ1) is 15.6. The Kier molecular flexibility index (Phi) is 5.39. The minimum atomic E-state index is -0.244. The summed E-state index contributed by atoms with van der Waals surface area (Å²) in [5.74, 6) is 0.420. The van der Waals surface area contributed by atoms with E-state index in [1.165, 1.54) is 12.1 Å². The quantitative estimate of drug-likeness (QED) is 0.820. The van der Waals surface area contributed by atoms with Gasteiger partial charge in [-0.1, -0.05) is 6.07 Å². The Morgan fingerprint density at radius 1 is 1.10 bits per heavy atom. The van der Waals surface area contributed by atoms with Gasteiger partial charge in [0.1, 0.15) is 5.82 Å². The number of anilines is 1. The molecule has 1 N–H and O–H groups in total. The van der Waals surface area contributed by atoms with E-state index in [0.717, 1.165) is 21.7 Å². The minimum absolute atomic E-state index is 0.00499. The van der Waals surface area contributed by atoms with Crippen molar-refractivity contribution in [2.45, 2.75) is 25.2 Å². The van der Waals surface area contributed by atoms with Crippen LogP contribution in [0.4, 0.5) is 10.1 Å². The van der Waals surface area contributed by atoms with Crippen molar-refractivity contribution in [2.75, 3.05) is 11.1 Å². The van der Waals surface area contributed by atoms with Gasteiger partial charge in [-0.05, 0) is 61.4 Å². The van der Waals surface area contributed by atoms with Crippen LogP contribution in [0.25, 0.3) is 0 Å². The van der Waals surface area contributed by atoms with E-state index in [1.807, 2.05) is 26.0 Å². The number of benzene rings is 2. The van der Waals surface area contributed by atoms with Crippen LogP contribution in [0, 0.1) is 19.7 Å². The molecule has 0 aliphatic carbocycles. The highest BCUT2D eigenvalue weighted by Crippen LogP contribution is 2.19. The van der Waals surface area contributed by atoms with E-state index in [9.17, 15) is 9.18 Å². The molecule has 0 atom stereocenters. The van der Waals surface area contributed by atoms with Gasteiger partial charge in [-0.25, -0.2) is 4.39 Å². The molecule has 0 heterocycles. The summed E-state index contributed by atoms with van der Waals surface area (Å²) in [7, 11) is 0. The highest BCUT2D eigenvalue weighted by molar-refractivity contribution is 7.99. The third-order valence-electron chi connectivity index (χ3n) is 2.92. The zero-order valence-corrected chi connectivity index (χ0v) is 13.0. The molecule has 110 valence electrons. The van der Waals surface area contributed by atoms with Crippen LogP contribution in [0.5, 0.6) is 0 Å². The van der Waals surface area contributed by atoms with Gasteiger partial charge in [0.15, 0.2) is 0 Å². The van der Waals surface area contributed by atoms with Gasteiger partial charge in [0.25, 0.3) is 0 Å². The second-order valence-electron chi connectivity index (χ2n) is 4.98. The molecule has 0 aliphatic heterocycles. The molecule has 2 aromatic carbocycles. The van der Waals surface area contributed by atoms with Crippen LogP contribution < -0.4 is 5.32 Å². The number of thioether (sulfide) groups is 1. The maximum absolute atomic E-state index is 12.8. The summed E-state index contributed by atoms with van der Waals surface area (Å²) >= 11 is 1.55. The van der Waals surface area contributed by atoms with Crippen molar-refractivity contribution < 1.29 is 9.18 Å². The zero-order valence-electron chi connectivity index (χ0n) is 12.2. The van der Waals surface area contributed by atoms with Gasteiger partial charge in [0, 0.05) is 22.8 Å². The van der Waals surface area contributed by atoms with Gasteiger partial charge in [0.2, 0.25) is 5.91 Å². The summed E-state index contributed by atoms with van der Waals surface area (Å²) in [5, 5.41) is 2.91. The first-order valence-electron chi connectivity index (χ1n) is 6.79. The largest absolute Gasteiger partial charge is 0.326 e. The second-order valence-corrected chi connectivity index (χ2v) is 6.15. The van der Waals surface area contributed by atoms with Gasteiger partial charge < -0.3 is 5.32 Å². The molecule has 1 amide bonds. The van der Waals surface area contributed by atoms with E-state index in [-0.39, 0.29) is 11.7 Å². The Balaban J connectivity index is 1.80. The molecule has 2 nitrogen and oxygen atoms in total. The lowest BCUT2D eigenvalue weighted by molar-refractivity contribution is -0.115. The van der Waals surface area contributed by atoms with Gasteiger partial charge in [0.05, 0.1) is 0 Å². The molecule has 0 radical (unpaired) electrons. The predicted octanol–water partition coefficient (Wildman–Crippen LogP) is 4.56. The van der Waals surface area contributed by atoms with Crippen LogP contribution in [-0.2, 0) is 4.79 Å². The molecule has 0 aromatic heterocycles. The molecule has 0 saturated carbocycles. The summed E-state index contributed by atoms with van der Waals surface area (Å²) in [5.41, 5.74) is 3.10. The Morgan fingerprint density at radius 2 is 1.71 bits per heavy atom. The summed E-state index contributed by atoms with van der Waals surface area (Å²) in [6, 6.07) is 12.3. The third kappa shape index (κ3) is 5.23. The molecule has 4 heteroatoms. The number of nitrogens with one attached hydrogen (secondary N) is 1. The molecule has 0 unspecified atom stereocenters.